The van der Waals surface area contributed by atoms with Gasteiger partial charge in [-0.15, -0.1) is 0 Å². The summed E-state index contributed by atoms with van der Waals surface area (Å²) in [6.45, 7) is 1.93. The van der Waals surface area contributed by atoms with E-state index in [1.165, 1.54) is 22.8 Å². The molecule has 0 saturated carbocycles. The average molecular weight is 460 g/mol. The molecule has 7 nitrogen and oxygen atoms in total. The molecule has 3 rings (SSSR count). The van der Waals surface area contributed by atoms with E-state index in [0.717, 1.165) is 16.7 Å². The lowest BCUT2D eigenvalue weighted by Gasteiger charge is -2.21. The summed E-state index contributed by atoms with van der Waals surface area (Å²) in [5, 5.41) is 19.0. The van der Waals surface area contributed by atoms with Crippen LogP contribution in [-0.2, 0) is 17.1 Å². The molecule has 0 saturated heterocycles. The Morgan fingerprint density at radius 2 is 1.84 bits per heavy atom. The minimum atomic E-state index is -3.82. The number of oxime groups is 1. The summed E-state index contributed by atoms with van der Waals surface area (Å²) < 4.78 is 24.7. The largest absolute Gasteiger partial charge is 0.411 e. The minimum Gasteiger partial charge on any atom is -0.411 e. The second-order valence-corrected chi connectivity index (χ2v) is 9.28. The summed E-state index contributed by atoms with van der Waals surface area (Å²) in [5.74, 6) is -0.269. The highest BCUT2D eigenvalue weighted by Crippen LogP contribution is 2.33. The van der Waals surface area contributed by atoms with Crippen LogP contribution in [0.3, 0.4) is 0 Å². The number of nitrogens with two attached hydrogens (primary N) is 1. The van der Waals surface area contributed by atoms with Crippen molar-refractivity contribution in [2.45, 2.75) is 24.2 Å². The highest BCUT2D eigenvalue weighted by atomic mass is 35.5. The van der Waals surface area contributed by atoms with Crippen molar-refractivity contribution in [1.82, 2.24) is 4.57 Å². The second kappa shape index (κ2) is 9.05. The van der Waals surface area contributed by atoms with E-state index < -0.39 is 10.0 Å². The molecule has 31 heavy (non-hydrogen) atoms. The third kappa shape index (κ3) is 5.22. The molecule has 0 bridgehead atoms. The number of hydrogen-bond acceptors (Lipinski definition) is 5. The minimum absolute atomic E-state index is 0.0111. The normalized spacial score (nSPS) is 13.2. The predicted octanol–water partition coefficient (Wildman–Crippen LogP) is 3.40. The number of rotatable bonds is 6. The Hall–Kier alpha value is -2.94. The monoisotopic (exact) mass is 459 g/mol. The second-order valence-electron chi connectivity index (χ2n) is 7.29. The summed E-state index contributed by atoms with van der Waals surface area (Å²) >= 11 is 6.12. The molecule has 0 aliphatic heterocycles. The molecule has 2 aromatic carbocycles. The van der Waals surface area contributed by atoms with Gasteiger partial charge in [-0.1, -0.05) is 35.0 Å². The fraction of sp³-hybridized carbons (Fsp3) is 0.182. The van der Waals surface area contributed by atoms with E-state index in [0.29, 0.717) is 22.7 Å². The zero-order valence-electron chi connectivity index (χ0n) is 17.0. The third-order valence-corrected chi connectivity index (χ3v) is 6.32. The Balaban J connectivity index is 2.09. The molecule has 0 aliphatic rings. The number of aromatic nitrogens is 1. The number of pyridine rings is 1. The maximum atomic E-state index is 11.7. The Bertz CT molecular complexity index is 1300. The van der Waals surface area contributed by atoms with Crippen molar-refractivity contribution in [3.8, 4) is 0 Å². The predicted molar refractivity (Wildman–Crippen MR) is 120 cm³/mol. The van der Waals surface area contributed by atoms with Crippen LogP contribution in [0.4, 0.5) is 0 Å². The van der Waals surface area contributed by atoms with Crippen LogP contribution in [0.5, 0.6) is 0 Å². The molecule has 1 atom stereocenters. The maximum absolute atomic E-state index is 11.7. The smallest absolute Gasteiger partial charge is 0.250 e. The van der Waals surface area contributed by atoms with Crippen LogP contribution in [0.25, 0.3) is 0 Å². The van der Waals surface area contributed by atoms with Crippen molar-refractivity contribution in [1.29, 1.82) is 0 Å². The molecule has 0 radical (unpaired) electrons. The fourth-order valence-electron chi connectivity index (χ4n) is 3.50. The fourth-order valence-corrected chi connectivity index (χ4v) is 4.24. The Morgan fingerprint density at radius 3 is 2.39 bits per heavy atom. The lowest BCUT2D eigenvalue weighted by Crippen LogP contribution is -2.18. The third-order valence-electron chi connectivity index (χ3n) is 5.16. The van der Waals surface area contributed by atoms with Gasteiger partial charge in [0.25, 0.3) is 0 Å². The van der Waals surface area contributed by atoms with Gasteiger partial charge >= 0.3 is 0 Å². The molecule has 162 valence electrons. The number of nitrogens with zero attached hydrogens (tertiary/aromatic N) is 2. The van der Waals surface area contributed by atoms with Gasteiger partial charge in [-0.05, 0) is 53.9 Å². The molecule has 9 heteroatoms. The number of hydrogen-bond donors (Lipinski definition) is 2. The van der Waals surface area contributed by atoms with Crippen molar-refractivity contribution >= 4 is 27.3 Å². The summed E-state index contributed by atoms with van der Waals surface area (Å²) in [6.07, 6.45) is 1.90. The van der Waals surface area contributed by atoms with Crippen LogP contribution >= 0.6 is 11.6 Å². The van der Waals surface area contributed by atoms with Crippen molar-refractivity contribution in [3.05, 3.63) is 98.4 Å². The van der Waals surface area contributed by atoms with Crippen molar-refractivity contribution in [2.24, 2.45) is 17.3 Å². The number of halogens is 1. The maximum Gasteiger partial charge on any atom is 0.250 e. The van der Waals surface area contributed by atoms with E-state index in [4.69, 9.17) is 16.7 Å². The number of aryl methyl sites for hydroxylation is 2. The molecule has 0 amide bonds. The highest BCUT2D eigenvalue weighted by molar-refractivity contribution is 7.89. The van der Waals surface area contributed by atoms with Crippen LogP contribution in [0.2, 0.25) is 5.02 Å². The van der Waals surface area contributed by atoms with Crippen LogP contribution in [0.15, 0.2) is 75.6 Å². The molecular formula is C22H22ClN3O4S. The summed E-state index contributed by atoms with van der Waals surface area (Å²) in [5.41, 5.74) is 3.49. The van der Waals surface area contributed by atoms with Gasteiger partial charge in [0.2, 0.25) is 15.6 Å². The van der Waals surface area contributed by atoms with Crippen LogP contribution in [-0.4, -0.2) is 23.9 Å². The molecule has 1 unspecified atom stereocenters. The van der Waals surface area contributed by atoms with Crippen molar-refractivity contribution in [3.63, 3.8) is 0 Å². The van der Waals surface area contributed by atoms with Crippen LogP contribution in [0, 0.1) is 6.92 Å². The first-order chi connectivity index (χ1) is 14.6. The SMILES string of the molecule is Cc1cc(Cl)ccc1C(CC(=NO)c1ccc(=O)n(C)c1)c1ccc(S(N)(=O)=O)cc1. The number of sulfonamides is 1. The van der Waals surface area contributed by atoms with E-state index in [9.17, 15) is 18.4 Å². The van der Waals surface area contributed by atoms with Crippen molar-refractivity contribution < 1.29 is 13.6 Å². The highest BCUT2D eigenvalue weighted by Gasteiger charge is 2.21. The van der Waals surface area contributed by atoms with Gasteiger partial charge in [-0.2, -0.15) is 0 Å². The lowest BCUT2D eigenvalue weighted by molar-refractivity contribution is 0.317. The van der Waals surface area contributed by atoms with Crippen LogP contribution in [0.1, 0.15) is 34.6 Å². The van der Waals surface area contributed by atoms with E-state index in [2.05, 4.69) is 5.16 Å². The first-order valence-electron chi connectivity index (χ1n) is 9.37. The van der Waals surface area contributed by atoms with Gasteiger partial charge in [0.15, 0.2) is 0 Å². The molecule has 0 aliphatic carbocycles. The van der Waals surface area contributed by atoms with E-state index in [-0.39, 0.29) is 16.4 Å². The standard InChI is InChI=1S/C22H22ClN3O4S/c1-14-11-17(23)6-9-19(14)20(15-3-7-18(8-4-15)31(24,29)30)12-21(25-28)16-5-10-22(27)26(2)13-16/h3-11,13,20,28H,12H2,1-2H3,(H2,24,29,30). The Labute approximate surface area is 185 Å². The molecular weight excluding hydrogens is 438 g/mol. The molecule has 0 spiro atoms. The molecule has 0 fully saturated rings. The molecule has 1 heterocycles. The van der Waals surface area contributed by atoms with Gasteiger partial charge < -0.3 is 9.77 Å². The van der Waals surface area contributed by atoms with E-state index >= 15 is 0 Å². The first kappa shape index (κ1) is 22.7. The lowest BCUT2D eigenvalue weighted by atomic mass is 9.83. The van der Waals surface area contributed by atoms with Gasteiger partial charge in [0, 0.05) is 42.2 Å². The Kier molecular flexibility index (Phi) is 6.64. The first-order valence-corrected chi connectivity index (χ1v) is 11.3. The quantitative estimate of drug-likeness (QED) is 0.334. The number of benzene rings is 2. The summed E-state index contributed by atoms with van der Waals surface area (Å²) in [4.78, 5) is 11.7. The average Bonchev–Trinajstić information content (AvgIpc) is 2.71. The Morgan fingerprint density at radius 1 is 1.16 bits per heavy atom. The topological polar surface area (TPSA) is 115 Å². The van der Waals surface area contributed by atoms with Gasteiger partial charge in [-0.25, -0.2) is 13.6 Å². The van der Waals surface area contributed by atoms with Gasteiger partial charge in [0.1, 0.15) is 0 Å². The summed E-state index contributed by atoms with van der Waals surface area (Å²) in [7, 11) is -2.20. The zero-order chi connectivity index (χ0) is 22.8. The molecule has 3 N–H and O–H groups in total. The van der Waals surface area contributed by atoms with E-state index in [1.54, 1.807) is 37.5 Å². The van der Waals surface area contributed by atoms with Crippen LogP contribution < -0.4 is 10.7 Å². The number of primary sulfonamides is 1. The van der Waals surface area contributed by atoms with E-state index in [1.807, 2.05) is 19.1 Å². The summed E-state index contributed by atoms with van der Waals surface area (Å²) in [6, 6.07) is 14.8. The molecule has 3 aromatic rings. The molecule has 1 aromatic heterocycles. The van der Waals surface area contributed by atoms with Crippen molar-refractivity contribution in [2.75, 3.05) is 0 Å². The van der Waals surface area contributed by atoms with Gasteiger partial charge in [0.05, 0.1) is 10.6 Å². The van der Waals surface area contributed by atoms with Gasteiger partial charge in [-0.3, -0.25) is 4.79 Å². The zero-order valence-corrected chi connectivity index (χ0v) is 18.6.